The third-order valence-electron chi connectivity index (χ3n) is 1.96. The van der Waals surface area contributed by atoms with Gasteiger partial charge in [0.2, 0.25) is 0 Å². The van der Waals surface area contributed by atoms with E-state index >= 15 is 0 Å². The zero-order chi connectivity index (χ0) is 10.2. The van der Waals surface area contributed by atoms with Crippen LogP contribution in [0.1, 0.15) is 25.1 Å². The van der Waals surface area contributed by atoms with E-state index in [-0.39, 0.29) is 0 Å². The fraction of sp³-hybridized carbons (Fsp3) is 0.600. The maximum absolute atomic E-state index is 5.40. The summed E-state index contributed by atoms with van der Waals surface area (Å²) in [5, 5.41) is 3.25. The highest BCUT2D eigenvalue weighted by molar-refractivity contribution is 5.32. The summed E-state index contributed by atoms with van der Waals surface area (Å²) in [6.45, 7) is 3.63. The molecule has 1 aromatic heterocycles. The number of unbranched alkanes of at least 4 members (excludes halogenated alkanes) is 2. The lowest BCUT2D eigenvalue weighted by molar-refractivity contribution is 0.706. The second-order valence-corrected chi connectivity index (χ2v) is 3.27. The predicted octanol–water partition coefficient (Wildman–Crippen LogP) is 1.33. The molecule has 4 heteroatoms. The average Bonchev–Trinajstić information content (AvgIpc) is 2.18. The van der Waals surface area contributed by atoms with Gasteiger partial charge in [-0.1, -0.05) is 6.42 Å². The number of nitrogens with one attached hydrogen (secondary N) is 1. The Morgan fingerprint density at radius 2 is 2.21 bits per heavy atom. The van der Waals surface area contributed by atoms with Crippen molar-refractivity contribution in [3.05, 3.63) is 18.1 Å². The van der Waals surface area contributed by atoms with E-state index in [1.807, 2.05) is 13.0 Å². The molecule has 0 bridgehead atoms. The van der Waals surface area contributed by atoms with Crippen LogP contribution in [0.3, 0.4) is 0 Å². The second-order valence-electron chi connectivity index (χ2n) is 3.27. The highest BCUT2D eigenvalue weighted by Gasteiger charge is 1.93. The highest BCUT2D eigenvalue weighted by Crippen LogP contribution is 2.02. The summed E-state index contributed by atoms with van der Waals surface area (Å²) in [5.41, 5.74) is 5.40. The number of nitrogens with two attached hydrogens (primary N) is 1. The molecule has 0 aliphatic carbocycles. The molecule has 78 valence electrons. The van der Waals surface area contributed by atoms with Crippen LogP contribution in [-0.2, 0) is 0 Å². The Hall–Kier alpha value is -1.16. The van der Waals surface area contributed by atoms with E-state index in [2.05, 4.69) is 15.3 Å². The Labute approximate surface area is 85.0 Å². The van der Waals surface area contributed by atoms with Crippen LogP contribution in [0.15, 0.2) is 12.3 Å². The first-order valence-corrected chi connectivity index (χ1v) is 5.06. The maximum Gasteiger partial charge on any atom is 0.129 e. The first kappa shape index (κ1) is 10.9. The molecule has 0 aliphatic rings. The number of hydrogen-bond acceptors (Lipinski definition) is 4. The van der Waals surface area contributed by atoms with Crippen LogP contribution < -0.4 is 11.1 Å². The lowest BCUT2D eigenvalue weighted by Gasteiger charge is -2.04. The molecule has 0 aliphatic heterocycles. The predicted molar refractivity (Wildman–Crippen MR) is 58.2 cm³/mol. The Kier molecular flexibility index (Phi) is 4.93. The van der Waals surface area contributed by atoms with Gasteiger partial charge in [0, 0.05) is 12.7 Å². The molecule has 0 saturated heterocycles. The van der Waals surface area contributed by atoms with Crippen LogP contribution in [0.25, 0.3) is 0 Å². The van der Waals surface area contributed by atoms with Crippen molar-refractivity contribution in [3.8, 4) is 0 Å². The van der Waals surface area contributed by atoms with Gasteiger partial charge in [0.1, 0.15) is 11.6 Å². The van der Waals surface area contributed by atoms with E-state index < -0.39 is 0 Å². The second kappa shape index (κ2) is 6.32. The topological polar surface area (TPSA) is 63.8 Å². The van der Waals surface area contributed by atoms with Crippen LogP contribution in [0.5, 0.6) is 0 Å². The number of aromatic nitrogens is 2. The lowest BCUT2D eigenvalue weighted by atomic mass is 10.2. The van der Waals surface area contributed by atoms with E-state index in [0.29, 0.717) is 0 Å². The van der Waals surface area contributed by atoms with Gasteiger partial charge >= 0.3 is 0 Å². The van der Waals surface area contributed by atoms with Crippen LogP contribution in [0.2, 0.25) is 0 Å². The van der Waals surface area contributed by atoms with Gasteiger partial charge < -0.3 is 11.1 Å². The SMILES string of the molecule is Cc1nccc(NCCCCCN)n1. The minimum atomic E-state index is 0.784. The van der Waals surface area contributed by atoms with Crippen molar-refractivity contribution < 1.29 is 0 Å². The van der Waals surface area contributed by atoms with E-state index in [9.17, 15) is 0 Å². The Morgan fingerprint density at radius 1 is 1.36 bits per heavy atom. The van der Waals surface area contributed by atoms with E-state index in [4.69, 9.17) is 5.73 Å². The lowest BCUT2D eigenvalue weighted by Crippen LogP contribution is -2.05. The standard InChI is InChI=1S/C10H18N4/c1-9-12-8-5-10(14-9)13-7-4-2-3-6-11/h5,8H,2-4,6-7,11H2,1H3,(H,12,13,14). The molecule has 1 rings (SSSR count). The first-order valence-electron chi connectivity index (χ1n) is 5.06. The molecule has 0 aromatic carbocycles. The third kappa shape index (κ3) is 4.18. The minimum absolute atomic E-state index is 0.784. The van der Waals surface area contributed by atoms with Crippen molar-refractivity contribution in [2.45, 2.75) is 26.2 Å². The van der Waals surface area contributed by atoms with Crippen molar-refractivity contribution in [2.75, 3.05) is 18.4 Å². The molecule has 0 spiro atoms. The summed E-state index contributed by atoms with van der Waals surface area (Å²) in [6, 6.07) is 1.88. The molecule has 3 N–H and O–H groups in total. The molecule has 0 fully saturated rings. The molecule has 4 nitrogen and oxygen atoms in total. The number of rotatable bonds is 6. The molecule has 14 heavy (non-hydrogen) atoms. The fourth-order valence-corrected chi connectivity index (χ4v) is 1.22. The van der Waals surface area contributed by atoms with Crippen molar-refractivity contribution in [3.63, 3.8) is 0 Å². The van der Waals surface area contributed by atoms with Crippen molar-refractivity contribution in [1.82, 2.24) is 9.97 Å². The summed E-state index contributed by atoms with van der Waals surface area (Å²) in [7, 11) is 0. The van der Waals surface area contributed by atoms with Crippen LogP contribution >= 0.6 is 0 Å². The number of anilines is 1. The molecule has 0 saturated carbocycles. The fourth-order valence-electron chi connectivity index (χ4n) is 1.22. The highest BCUT2D eigenvalue weighted by atomic mass is 15.0. The number of hydrogen-bond donors (Lipinski definition) is 2. The van der Waals surface area contributed by atoms with Crippen LogP contribution in [-0.4, -0.2) is 23.1 Å². The van der Waals surface area contributed by atoms with Crippen LogP contribution in [0, 0.1) is 6.92 Å². The Balaban J connectivity index is 2.18. The van der Waals surface area contributed by atoms with Crippen molar-refractivity contribution in [1.29, 1.82) is 0 Å². The van der Waals surface area contributed by atoms with Crippen molar-refractivity contribution in [2.24, 2.45) is 5.73 Å². The number of aryl methyl sites for hydroxylation is 1. The Morgan fingerprint density at radius 3 is 2.93 bits per heavy atom. The monoisotopic (exact) mass is 194 g/mol. The maximum atomic E-state index is 5.40. The quantitative estimate of drug-likeness (QED) is 0.670. The number of nitrogens with zero attached hydrogens (tertiary/aromatic N) is 2. The molecule has 0 radical (unpaired) electrons. The summed E-state index contributed by atoms with van der Waals surface area (Å²) >= 11 is 0. The minimum Gasteiger partial charge on any atom is -0.370 e. The van der Waals surface area contributed by atoms with E-state index in [0.717, 1.165) is 37.6 Å². The van der Waals surface area contributed by atoms with Gasteiger partial charge in [-0.3, -0.25) is 0 Å². The van der Waals surface area contributed by atoms with E-state index in [1.165, 1.54) is 6.42 Å². The zero-order valence-electron chi connectivity index (χ0n) is 8.66. The zero-order valence-corrected chi connectivity index (χ0v) is 8.66. The van der Waals surface area contributed by atoms with Gasteiger partial charge in [-0.2, -0.15) is 0 Å². The molecule has 1 aromatic rings. The largest absolute Gasteiger partial charge is 0.370 e. The van der Waals surface area contributed by atoms with Crippen LogP contribution in [0.4, 0.5) is 5.82 Å². The third-order valence-corrected chi connectivity index (χ3v) is 1.96. The summed E-state index contributed by atoms with van der Waals surface area (Å²) in [4.78, 5) is 8.27. The Bertz CT molecular complexity index is 262. The average molecular weight is 194 g/mol. The molecule has 1 heterocycles. The summed E-state index contributed by atoms with van der Waals surface area (Å²) in [5.74, 6) is 1.71. The first-order chi connectivity index (χ1) is 6.83. The smallest absolute Gasteiger partial charge is 0.129 e. The summed E-state index contributed by atoms with van der Waals surface area (Å²) in [6.07, 6.45) is 5.18. The van der Waals surface area contributed by atoms with Crippen molar-refractivity contribution >= 4 is 5.82 Å². The van der Waals surface area contributed by atoms with Gasteiger partial charge in [0.05, 0.1) is 0 Å². The summed E-state index contributed by atoms with van der Waals surface area (Å²) < 4.78 is 0. The molecule has 0 amide bonds. The van der Waals surface area contributed by atoms with E-state index in [1.54, 1.807) is 6.20 Å². The van der Waals surface area contributed by atoms with Gasteiger partial charge in [-0.25, -0.2) is 9.97 Å². The molecule has 0 atom stereocenters. The molecular formula is C10H18N4. The van der Waals surface area contributed by atoms with Gasteiger partial charge in [-0.15, -0.1) is 0 Å². The normalized spacial score (nSPS) is 10.1. The van der Waals surface area contributed by atoms with Gasteiger partial charge in [0.15, 0.2) is 0 Å². The molecule has 0 unspecified atom stereocenters. The van der Waals surface area contributed by atoms with Gasteiger partial charge in [-0.05, 0) is 32.4 Å². The van der Waals surface area contributed by atoms with Gasteiger partial charge in [0.25, 0.3) is 0 Å². The molecular weight excluding hydrogens is 176 g/mol.